The number of nitrogens with one attached hydrogen (secondary N) is 1. The fourth-order valence-electron chi connectivity index (χ4n) is 2.20. The fraction of sp³-hybridized carbons (Fsp3) is 0.222. The van der Waals surface area contributed by atoms with Crippen molar-refractivity contribution >= 4 is 17.5 Å². The molecule has 0 radical (unpaired) electrons. The number of primary amides is 1. The van der Waals surface area contributed by atoms with E-state index in [4.69, 9.17) is 15.2 Å². The molecule has 0 aliphatic rings. The Morgan fingerprint density at radius 1 is 1.08 bits per heavy atom. The largest absolute Gasteiger partial charge is 0.493 e. The summed E-state index contributed by atoms with van der Waals surface area (Å²) in [5.41, 5.74) is 7.03. The molecule has 0 bridgehead atoms. The fourth-order valence-corrected chi connectivity index (χ4v) is 2.20. The van der Waals surface area contributed by atoms with Crippen LogP contribution in [0.5, 0.6) is 11.5 Å². The lowest BCUT2D eigenvalue weighted by molar-refractivity contribution is -0.117. The van der Waals surface area contributed by atoms with Crippen molar-refractivity contribution in [2.45, 2.75) is 13.3 Å². The van der Waals surface area contributed by atoms with E-state index in [0.29, 0.717) is 29.4 Å². The monoisotopic (exact) mass is 328 g/mol. The first-order valence-corrected chi connectivity index (χ1v) is 7.53. The quantitative estimate of drug-likeness (QED) is 0.816. The number of ether oxygens (including phenoxy) is 2. The lowest BCUT2D eigenvalue weighted by atomic mass is 10.1. The Hall–Kier alpha value is -3.02. The molecule has 2 aromatic carbocycles. The van der Waals surface area contributed by atoms with Gasteiger partial charge in [-0.05, 0) is 42.8 Å². The molecular formula is C18H20N2O4. The lowest BCUT2D eigenvalue weighted by Gasteiger charge is -2.11. The smallest absolute Gasteiger partial charge is 0.255 e. The van der Waals surface area contributed by atoms with Crippen molar-refractivity contribution in [2.24, 2.45) is 5.73 Å². The predicted octanol–water partition coefficient (Wildman–Crippen LogP) is 2.37. The summed E-state index contributed by atoms with van der Waals surface area (Å²) in [6.07, 6.45) is 0.171. The summed E-state index contributed by atoms with van der Waals surface area (Å²) in [6, 6.07) is 11.9. The van der Waals surface area contributed by atoms with Gasteiger partial charge < -0.3 is 20.5 Å². The number of hydrogen-bond acceptors (Lipinski definition) is 4. The first-order chi connectivity index (χ1) is 11.5. The highest BCUT2D eigenvalue weighted by atomic mass is 16.5. The van der Waals surface area contributed by atoms with Gasteiger partial charge in [-0.3, -0.25) is 9.59 Å². The van der Waals surface area contributed by atoms with Crippen LogP contribution < -0.4 is 20.5 Å². The van der Waals surface area contributed by atoms with E-state index in [1.165, 1.54) is 0 Å². The van der Waals surface area contributed by atoms with Crippen LogP contribution in [0.1, 0.15) is 22.8 Å². The van der Waals surface area contributed by atoms with Gasteiger partial charge in [0.05, 0.1) is 20.1 Å². The van der Waals surface area contributed by atoms with Crippen LogP contribution >= 0.6 is 0 Å². The molecule has 2 amide bonds. The van der Waals surface area contributed by atoms with Gasteiger partial charge in [0.2, 0.25) is 5.91 Å². The maximum Gasteiger partial charge on any atom is 0.255 e. The maximum atomic E-state index is 12.4. The predicted molar refractivity (Wildman–Crippen MR) is 91.5 cm³/mol. The number of anilines is 1. The molecule has 0 fully saturated rings. The molecule has 2 aromatic rings. The summed E-state index contributed by atoms with van der Waals surface area (Å²) < 4.78 is 10.7. The van der Waals surface area contributed by atoms with Crippen molar-refractivity contribution in [2.75, 3.05) is 19.0 Å². The zero-order valence-corrected chi connectivity index (χ0v) is 13.7. The molecule has 0 aliphatic heterocycles. The van der Waals surface area contributed by atoms with Crippen molar-refractivity contribution < 1.29 is 19.1 Å². The normalized spacial score (nSPS) is 10.1. The second-order valence-corrected chi connectivity index (χ2v) is 5.09. The minimum absolute atomic E-state index is 0.171. The third-order valence-electron chi connectivity index (χ3n) is 3.32. The van der Waals surface area contributed by atoms with Gasteiger partial charge in [-0.25, -0.2) is 0 Å². The molecule has 0 unspecified atom stereocenters. The van der Waals surface area contributed by atoms with E-state index in [0.717, 1.165) is 5.56 Å². The van der Waals surface area contributed by atoms with Gasteiger partial charge in [0.25, 0.3) is 5.91 Å². The van der Waals surface area contributed by atoms with Crippen LogP contribution in [0, 0.1) is 0 Å². The summed E-state index contributed by atoms with van der Waals surface area (Å²) in [5.74, 6) is 0.434. The summed E-state index contributed by atoms with van der Waals surface area (Å²) in [4.78, 5) is 23.2. The zero-order valence-electron chi connectivity index (χ0n) is 13.7. The Morgan fingerprint density at radius 3 is 2.38 bits per heavy atom. The molecule has 2 rings (SSSR count). The van der Waals surface area contributed by atoms with Gasteiger partial charge in [0, 0.05) is 11.3 Å². The second kappa shape index (κ2) is 8.01. The van der Waals surface area contributed by atoms with Crippen LogP contribution in [-0.2, 0) is 11.2 Å². The Kier molecular flexibility index (Phi) is 5.78. The molecule has 0 saturated heterocycles. The molecule has 0 heterocycles. The van der Waals surface area contributed by atoms with E-state index in [9.17, 15) is 9.59 Å². The van der Waals surface area contributed by atoms with Crippen LogP contribution in [0.4, 0.5) is 5.69 Å². The van der Waals surface area contributed by atoms with E-state index in [1.807, 2.05) is 6.92 Å². The molecule has 0 atom stereocenters. The first kappa shape index (κ1) is 17.3. The van der Waals surface area contributed by atoms with Gasteiger partial charge in [-0.15, -0.1) is 0 Å². The number of carbonyl (C=O) groups excluding carboxylic acids is 2. The number of amides is 2. The minimum Gasteiger partial charge on any atom is -0.493 e. The summed E-state index contributed by atoms with van der Waals surface area (Å²) in [6.45, 7) is 2.34. The molecule has 24 heavy (non-hydrogen) atoms. The van der Waals surface area contributed by atoms with Crippen molar-refractivity contribution in [3.63, 3.8) is 0 Å². The summed E-state index contributed by atoms with van der Waals surface area (Å²) in [5, 5.41) is 2.79. The topological polar surface area (TPSA) is 90.6 Å². The summed E-state index contributed by atoms with van der Waals surface area (Å²) >= 11 is 0. The van der Waals surface area contributed by atoms with Crippen LogP contribution in [0.25, 0.3) is 0 Å². The molecule has 3 N–H and O–H groups in total. The number of carbonyl (C=O) groups is 2. The van der Waals surface area contributed by atoms with E-state index < -0.39 is 5.91 Å². The molecular weight excluding hydrogens is 308 g/mol. The third-order valence-corrected chi connectivity index (χ3v) is 3.32. The average molecular weight is 328 g/mol. The maximum absolute atomic E-state index is 12.4. The van der Waals surface area contributed by atoms with Crippen LogP contribution in [0.2, 0.25) is 0 Å². The highest BCUT2D eigenvalue weighted by Crippen LogP contribution is 2.28. The van der Waals surface area contributed by atoms with Crippen LogP contribution in [0.15, 0.2) is 42.5 Å². The highest BCUT2D eigenvalue weighted by Gasteiger charge is 2.11. The third kappa shape index (κ3) is 4.49. The Balaban J connectivity index is 2.11. The minimum atomic E-state index is -0.395. The van der Waals surface area contributed by atoms with Gasteiger partial charge in [-0.2, -0.15) is 0 Å². The van der Waals surface area contributed by atoms with Gasteiger partial charge >= 0.3 is 0 Å². The summed E-state index contributed by atoms with van der Waals surface area (Å²) in [7, 11) is 1.55. The highest BCUT2D eigenvalue weighted by molar-refractivity contribution is 6.04. The Morgan fingerprint density at radius 2 is 1.79 bits per heavy atom. The molecule has 0 spiro atoms. The van der Waals surface area contributed by atoms with E-state index in [2.05, 4.69) is 5.32 Å². The van der Waals surface area contributed by atoms with E-state index in [-0.39, 0.29) is 12.3 Å². The first-order valence-electron chi connectivity index (χ1n) is 7.53. The van der Waals surface area contributed by atoms with Crippen molar-refractivity contribution in [3.8, 4) is 11.5 Å². The lowest BCUT2D eigenvalue weighted by Crippen LogP contribution is -2.14. The number of methoxy groups -OCH3 is 1. The molecule has 0 saturated carbocycles. The second-order valence-electron chi connectivity index (χ2n) is 5.09. The molecule has 0 aliphatic carbocycles. The number of nitrogens with two attached hydrogens (primary N) is 1. The Labute approximate surface area is 140 Å². The number of hydrogen-bond donors (Lipinski definition) is 2. The SMILES string of the molecule is CCOc1cc(C(=O)Nc2ccc(CC(N)=O)cc2)ccc1OC. The van der Waals surface area contributed by atoms with Crippen molar-refractivity contribution in [3.05, 3.63) is 53.6 Å². The van der Waals surface area contributed by atoms with E-state index in [1.54, 1.807) is 49.6 Å². The standard InChI is InChI=1S/C18H20N2O4/c1-3-24-16-11-13(6-9-15(16)23-2)18(22)20-14-7-4-12(5-8-14)10-17(19)21/h4-9,11H,3,10H2,1-2H3,(H2,19,21)(H,20,22). The van der Waals surface area contributed by atoms with Crippen LogP contribution in [-0.4, -0.2) is 25.5 Å². The molecule has 126 valence electrons. The van der Waals surface area contributed by atoms with Crippen LogP contribution in [0.3, 0.4) is 0 Å². The number of benzene rings is 2. The number of rotatable bonds is 7. The van der Waals surface area contributed by atoms with E-state index >= 15 is 0 Å². The van der Waals surface area contributed by atoms with Crippen molar-refractivity contribution in [1.29, 1.82) is 0 Å². The molecule has 6 heteroatoms. The zero-order chi connectivity index (χ0) is 17.5. The van der Waals surface area contributed by atoms with Crippen molar-refractivity contribution in [1.82, 2.24) is 0 Å². The Bertz CT molecular complexity index is 726. The van der Waals surface area contributed by atoms with Gasteiger partial charge in [0.1, 0.15) is 0 Å². The molecule has 6 nitrogen and oxygen atoms in total. The molecule has 0 aromatic heterocycles. The average Bonchev–Trinajstić information content (AvgIpc) is 2.56. The van der Waals surface area contributed by atoms with Gasteiger partial charge in [0.15, 0.2) is 11.5 Å². The van der Waals surface area contributed by atoms with Gasteiger partial charge in [-0.1, -0.05) is 12.1 Å².